The van der Waals surface area contributed by atoms with Gasteiger partial charge in [-0.1, -0.05) is 13.0 Å². The Morgan fingerprint density at radius 2 is 2.10 bits per heavy atom. The Hall–Kier alpha value is -3.02. The molecule has 0 saturated heterocycles. The highest BCUT2D eigenvalue weighted by atomic mass is 16.5. The average molecular weight is 393 g/mol. The quantitative estimate of drug-likeness (QED) is 0.689. The van der Waals surface area contributed by atoms with Gasteiger partial charge in [0.05, 0.1) is 24.8 Å². The molecule has 0 spiro atoms. The van der Waals surface area contributed by atoms with Gasteiger partial charge in [0.1, 0.15) is 5.82 Å². The molecule has 29 heavy (non-hydrogen) atoms. The number of imidazole rings is 1. The molecule has 2 aromatic carbocycles. The number of rotatable bonds is 6. The fraction of sp³-hybridized carbons (Fsp3) is 0.391. The number of carbonyl (C=O) groups is 1. The predicted molar refractivity (Wildman–Crippen MR) is 113 cm³/mol. The summed E-state index contributed by atoms with van der Waals surface area (Å²) in [4.78, 5) is 17.5. The average Bonchev–Trinajstić information content (AvgIpc) is 3.09. The fourth-order valence-electron chi connectivity index (χ4n) is 3.87. The molecule has 0 radical (unpaired) electrons. The van der Waals surface area contributed by atoms with E-state index in [-0.39, 0.29) is 5.91 Å². The van der Waals surface area contributed by atoms with Crippen LogP contribution in [0.4, 0.5) is 0 Å². The molecule has 0 saturated carbocycles. The van der Waals surface area contributed by atoms with Crippen molar-refractivity contribution in [2.24, 2.45) is 5.92 Å². The van der Waals surface area contributed by atoms with Gasteiger partial charge in [-0.25, -0.2) is 4.98 Å². The van der Waals surface area contributed by atoms with E-state index in [1.807, 2.05) is 43.3 Å². The summed E-state index contributed by atoms with van der Waals surface area (Å²) in [6.07, 6.45) is 2.17. The molecule has 0 fully saturated rings. The van der Waals surface area contributed by atoms with E-state index in [9.17, 15) is 4.79 Å². The molecule has 0 unspecified atom stereocenters. The molecule has 6 heteroatoms. The van der Waals surface area contributed by atoms with Crippen LogP contribution in [0.5, 0.6) is 11.5 Å². The van der Waals surface area contributed by atoms with E-state index < -0.39 is 0 Å². The number of aryl methyl sites for hydroxylation is 1. The molecule has 4 rings (SSSR count). The maximum absolute atomic E-state index is 12.7. The number of methoxy groups -OCH3 is 1. The van der Waals surface area contributed by atoms with Crippen molar-refractivity contribution < 1.29 is 14.3 Å². The van der Waals surface area contributed by atoms with Crippen molar-refractivity contribution in [3.05, 3.63) is 53.3 Å². The number of nitrogens with zero attached hydrogens (tertiary/aromatic N) is 2. The van der Waals surface area contributed by atoms with Crippen molar-refractivity contribution in [1.29, 1.82) is 0 Å². The summed E-state index contributed by atoms with van der Waals surface area (Å²) in [6.45, 7) is 6.16. The third kappa shape index (κ3) is 3.92. The van der Waals surface area contributed by atoms with Crippen molar-refractivity contribution >= 4 is 16.9 Å². The number of amides is 1. The largest absolute Gasteiger partial charge is 0.493 e. The van der Waals surface area contributed by atoms with E-state index in [1.54, 1.807) is 7.11 Å². The minimum Gasteiger partial charge on any atom is -0.493 e. The Kier molecular flexibility index (Phi) is 5.43. The maximum Gasteiger partial charge on any atom is 0.251 e. The van der Waals surface area contributed by atoms with Gasteiger partial charge in [0.15, 0.2) is 11.5 Å². The summed E-state index contributed by atoms with van der Waals surface area (Å²) in [6, 6.07) is 11.5. The summed E-state index contributed by atoms with van der Waals surface area (Å²) in [7, 11) is 1.61. The highest BCUT2D eigenvalue weighted by molar-refractivity contribution is 5.97. The molecule has 0 bridgehead atoms. The molecule has 6 nitrogen and oxygen atoms in total. The van der Waals surface area contributed by atoms with E-state index >= 15 is 0 Å². The summed E-state index contributed by atoms with van der Waals surface area (Å²) < 4.78 is 13.2. The molecule has 1 atom stereocenters. The first-order valence-corrected chi connectivity index (χ1v) is 10.2. The summed E-state index contributed by atoms with van der Waals surface area (Å²) in [5, 5.41) is 2.99. The lowest BCUT2D eigenvalue weighted by Crippen LogP contribution is -2.22. The third-order valence-electron chi connectivity index (χ3n) is 5.45. The van der Waals surface area contributed by atoms with E-state index in [0.717, 1.165) is 35.4 Å². The molecule has 1 aromatic heterocycles. The van der Waals surface area contributed by atoms with Gasteiger partial charge in [-0.3, -0.25) is 4.79 Å². The predicted octanol–water partition coefficient (Wildman–Crippen LogP) is 3.96. The van der Waals surface area contributed by atoms with Gasteiger partial charge in [-0.15, -0.1) is 0 Å². The van der Waals surface area contributed by atoms with E-state index in [1.165, 1.54) is 6.42 Å². The number of ether oxygens (including phenoxy) is 2. The molecular formula is C23H27N3O3. The minimum absolute atomic E-state index is 0.111. The van der Waals surface area contributed by atoms with Crippen LogP contribution in [0, 0.1) is 5.92 Å². The number of fused-ring (bicyclic) bond motifs is 3. The van der Waals surface area contributed by atoms with E-state index in [2.05, 4.69) is 16.8 Å². The zero-order valence-corrected chi connectivity index (χ0v) is 17.2. The molecule has 1 amide bonds. The van der Waals surface area contributed by atoms with Crippen molar-refractivity contribution in [3.8, 4) is 11.5 Å². The van der Waals surface area contributed by atoms with Gasteiger partial charge in [0.2, 0.25) is 0 Å². The van der Waals surface area contributed by atoms with E-state index in [4.69, 9.17) is 14.5 Å². The van der Waals surface area contributed by atoms with Gasteiger partial charge in [0, 0.05) is 25.1 Å². The smallest absolute Gasteiger partial charge is 0.251 e. The first-order valence-electron chi connectivity index (χ1n) is 10.2. The van der Waals surface area contributed by atoms with Crippen molar-refractivity contribution in [2.45, 2.75) is 39.8 Å². The topological polar surface area (TPSA) is 65.4 Å². The van der Waals surface area contributed by atoms with Gasteiger partial charge >= 0.3 is 0 Å². The van der Waals surface area contributed by atoms with E-state index in [0.29, 0.717) is 36.1 Å². The van der Waals surface area contributed by atoms with Crippen LogP contribution in [0.15, 0.2) is 36.4 Å². The van der Waals surface area contributed by atoms with Crippen molar-refractivity contribution in [3.63, 3.8) is 0 Å². The number of hydrogen-bond donors (Lipinski definition) is 1. The van der Waals surface area contributed by atoms with Gasteiger partial charge < -0.3 is 19.4 Å². The minimum atomic E-state index is -0.111. The highest BCUT2D eigenvalue weighted by Crippen LogP contribution is 2.28. The van der Waals surface area contributed by atoms with Crippen molar-refractivity contribution in [1.82, 2.24) is 14.9 Å². The molecule has 1 aliphatic rings. The number of carbonyl (C=O) groups excluding carboxylic acids is 1. The highest BCUT2D eigenvalue weighted by Gasteiger charge is 2.20. The van der Waals surface area contributed by atoms with Crippen LogP contribution in [0.25, 0.3) is 11.0 Å². The number of benzene rings is 2. The first kappa shape index (κ1) is 19.3. The molecule has 152 valence electrons. The van der Waals surface area contributed by atoms with Crippen LogP contribution < -0.4 is 14.8 Å². The monoisotopic (exact) mass is 393 g/mol. The normalized spacial score (nSPS) is 15.8. The number of hydrogen-bond acceptors (Lipinski definition) is 4. The Bertz CT molecular complexity index is 1040. The summed E-state index contributed by atoms with van der Waals surface area (Å²) >= 11 is 0. The lowest BCUT2D eigenvalue weighted by atomic mass is 10.0. The van der Waals surface area contributed by atoms with Crippen molar-refractivity contribution in [2.75, 3.05) is 13.7 Å². The molecule has 1 N–H and O–H groups in total. The number of nitrogens with one attached hydrogen (secondary N) is 1. The molecule has 2 heterocycles. The van der Waals surface area contributed by atoms with Gasteiger partial charge in [-0.2, -0.15) is 0 Å². The number of aromatic nitrogens is 2. The summed E-state index contributed by atoms with van der Waals surface area (Å²) in [5.41, 5.74) is 3.58. The third-order valence-corrected chi connectivity index (χ3v) is 5.45. The van der Waals surface area contributed by atoms with Crippen LogP contribution in [-0.2, 0) is 19.5 Å². The van der Waals surface area contributed by atoms with Crippen LogP contribution in [-0.4, -0.2) is 29.2 Å². The zero-order chi connectivity index (χ0) is 20.4. The second-order valence-corrected chi connectivity index (χ2v) is 7.58. The van der Waals surface area contributed by atoms with Crippen LogP contribution in [0.3, 0.4) is 0 Å². The molecule has 1 aliphatic heterocycles. The lowest BCUT2D eigenvalue weighted by Gasteiger charge is -2.20. The van der Waals surface area contributed by atoms with Gasteiger partial charge in [-0.05, 0) is 55.2 Å². The summed E-state index contributed by atoms with van der Waals surface area (Å²) in [5.74, 6) is 3.04. The second-order valence-electron chi connectivity index (χ2n) is 7.58. The Balaban J connectivity index is 1.49. The maximum atomic E-state index is 12.7. The first-order chi connectivity index (χ1) is 14.1. The second kappa shape index (κ2) is 8.15. The molecule has 0 aliphatic carbocycles. The van der Waals surface area contributed by atoms with Crippen LogP contribution >= 0.6 is 0 Å². The Morgan fingerprint density at radius 1 is 1.24 bits per heavy atom. The molecular weight excluding hydrogens is 366 g/mol. The lowest BCUT2D eigenvalue weighted by molar-refractivity contribution is 0.0951. The Labute approximate surface area is 170 Å². The molecule has 3 aromatic rings. The van der Waals surface area contributed by atoms with Gasteiger partial charge in [0.25, 0.3) is 5.91 Å². The van der Waals surface area contributed by atoms with Crippen LogP contribution in [0.2, 0.25) is 0 Å². The zero-order valence-electron chi connectivity index (χ0n) is 17.2. The Morgan fingerprint density at radius 3 is 2.90 bits per heavy atom. The van der Waals surface area contributed by atoms with Crippen LogP contribution in [0.1, 0.15) is 42.0 Å². The standard InChI is InChI=1S/C23H27N3O3/c1-4-29-21-12-16(5-8-20(21)28-3)14-24-23(27)17-6-7-19-18(13-17)25-22-11-15(2)9-10-26(19)22/h5-8,12-13,15H,4,9-11,14H2,1-3H3,(H,24,27)/t15-/m1/s1. The SMILES string of the molecule is CCOc1cc(CNC(=O)c2ccc3c(c2)nc2n3CC[C@@H](C)C2)ccc1OC. The fourth-order valence-corrected chi connectivity index (χ4v) is 3.87.